The number of hydrogen-bond acceptors (Lipinski definition) is 1. The third-order valence-electron chi connectivity index (χ3n) is 10.1. The summed E-state index contributed by atoms with van der Waals surface area (Å²) >= 11 is 0.952. The lowest BCUT2D eigenvalue weighted by atomic mass is 10.0. The molecule has 266 valence electrons. The van der Waals surface area contributed by atoms with Gasteiger partial charge in [-0.1, -0.05) is 139 Å². The van der Waals surface area contributed by atoms with E-state index < -0.39 is 102 Å². The van der Waals surface area contributed by atoms with E-state index in [4.69, 9.17) is 15.1 Å². The lowest BCUT2D eigenvalue weighted by molar-refractivity contribution is 1.18. The van der Waals surface area contributed by atoms with Gasteiger partial charge in [-0.3, -0.25) is 0 Å². The Balaban J connectivity index is 1.15. The van der Waals surface area contributed by atoms with Crippen LogP contribution in [0.4, 0.5) is 0 Å². The Bertz CT molecular complexity index is 4740. The van der Waals surface area contributed by atoms with Gasteiger partial charge in [0.15, 0.2) is 0 Å². The number of para-hydroxylation sites is 2. The molecule has 0 unspecified atom stereocenters. The minimum absolute atomic E-state index is 0.00261. The van der Waals surface area contributed by atoms with Crippen molar-refractivity contribution < 1.29 is 28.8 Å². The highest BCUT2D eigenvalue weighted by molar-refractivity contribution is 7.25. The van der Waals surface area contributed by atoms with Gasteiger partial charge in [0.05, 0.1) is 50.9 Å². The molecule has 0 spiro atoms. The van der Waals surface area contributed by atoms with Gasteiger partial charge < -0.3 is 9.13 Å². The summed E-state index contributed by atoms with van der Waals surface area (Å²) in [4.78, 5) is 0. The van der Waals surface area contributed by atoms with Gasteiger partial charge in [0.25, 0.3) is 0 Å². The van der Waals surface area contributed by atoms with Gasteiger partial charge in [0, 0.05) is 53.1 Å². The molecule has 0 N–H and O–H groups in total. The van der Waals surface area contributed by atoms with E-state index in [9.17, 15) is 13.7 Å². The topological polar surface area (TPSA) is 9.86 Å². The molecule has 0 fully saturated rings. The van der Waals surface area contributed by atoms with Crippen molar-refractivity contribution in [2.45, 2.75) is 0 Å². The van der Waals surface area contributed by atoms with Crippen LogP contribution in [0, 0.1) is 0 Å². The zero-order valence-electron chi connectivity index (χ0n) is 50.3. The highest BCUT2D eigenvalue weighted by atomic mass is 32.1. The first kappa shape index (κ1) is 17.7. The summed E-state index contributed by atoms with van der Waals surface area (Å²) in [5.74, 6) is 0. The van der Waals surface area contributed by atoms with E-state index in [1.807, 2.05) is 30.3 Å². The number of fused-ring (bicyclic) bond motifs is 9. The van der Waals surface area contributed by atoms with Crippen molar-refractivity contribution in [1.82, 2.24) is 9.13 Å². The van der Waals surface area contributed by atoms with Gasteiger partial charge in [-0.15, -0.1) is 11.3 Å². The van der Waals surface area contributed by atoms with Crippen molar-refractivity contribution in [2.24, 2.45) is 0 Å². The third kappa shape index (κ3) is 5.10. The Morgan fingerprint density at radius 1 is 0.333 bits per heavy atom. The highest BCUT2D eigenvalue weighted by Gasteiger charge is 2.17. The summed E-state index contributed by atoms with van der Waals surface area (Å²) in [6.07, 6.45) is 0. The SMILES string of the molecule is [2H]c1cc([2H])c(-c2c([2H])c([2H])c3c(sc4cc(-n5c6c([2H])c([2H])c([2H])c([2H])c6c6c([2H])c(-c7c([2H])c([2H])c8c(c7[2H])c7c([2H])c([2H])c([2H])c([2H])c7n8-c7ccc(-c8ccccc8)cc7)c([2H])c([2H])c65)cc([2H])c43)c2[2H])cc1[2H]. The number of nitrogens with zero attached hydrogens (tertiary/aromatic N) is 2. The number of rotatable bonds is 5. The second-order valence-corrected chi connectivity index (χ2v) is 14.3. The second kappa shape index (κ2) is 12.7. The summed E-state index contributed by atoms with van der Waals surface area (Å²) in [6, 6.07) is 10.3. The second-order valence-electron chi connectivity index (χ2n) is 13.3. The minimum Gasteiger partial charge on any atom is -0.309 e. The third-order valence-corrected chi connectivity index (χ3v) is 11.1. The molecule has 3 aromatic heterocycles. The number of aromatic nitrogens is 2. The fraction of sp³-hybridized carbons (Fsp3) is 0. The molecule has 0 atom stereocenters. The van der Waals surface area contributed by atoms with E-state index in [0.29, 0.717) is 5.69 Å². The Morgan fingerprint density at radius 2 is 0.930 bits per heavy atom. The van der Waals surface area contributed by atoms with Gasteiger partial charge in [-0.25, -0.2) is 0 Å². The first-order valence-electron chi connectivity index (χ1n) is 28.3. The maximum atomic E-state index is 9.96. The number of benzene rings is 9. The predicted octanol–water partition coefficient (Wildman–Crippen LogP) is 15.2. The molecular formula is C54H34N2S. The van der Waals surface area contributed by atoms with E-state index in [1.165, 1.54) is 27.3 Å². The molecule has 0 saturated heterocycles. The molecule has 9 aromatic carbocycles. The summed E-state index contributed by atoms with van der Waals surface area (Å²) in [5.41, 5.74) is 0.000456. The lowest BCUT2D eigenvalue weighted by Gasteiger charge is -2.10. The summed E-state index contributed by atoms with van der Waals surface area (Å²) < 4.78 is 195. The Labute approximate surface area is 363 Å². The van der Waals surface area contributed by atoms with Crippen molar-refractivity contribution in [2.75, 3.05) is 0 Å². The molecule has 0 radical (unpaired) electrons. The van der Waals surface area contributed by atoms with Crippen LogP contribution in [0.15, 0.2) is 206 Å². The molecular weight excluding hydrogens is 709 g/mol. The van der Waals surface area contributed by atoms with E-state index in [2.05, 4.69) is 0 Å². The van der Waals surface area contributed by atoms with Crippen LogP contribution >= 0.6 is 11.3 Å². The molecule has 3 heteroatoms. The maximum Gasteiger partial charge on any atom is 0.0645 e. The molecule has 0 aliphatic heterocycles. The van der Waals surface area contributed by atoms with Crippen molar-refractivity contribution >= 4 is 75.1 Å². The molecule has 2 nitrogen and oxygen atoms in total. The Morgan fingerprint density at radius 3 is 1.65 bits per heavy atom. The maximum absolute atomic E-state index is 9.96. The molecule has 12 aromatic rings. The van der Waals surface area contributed by atoms with Crippen LogP contribution in [0.25, 0.3) is 109 Å². The molecule has 3 heterocycles. The predicted molar refractivity (Wildman–Crippen MR) is 244 cm³/mol. The average Bonchev–Trinajstić information content (AvgIpc) is 4.26. The fourth-order valence-corrected chi connectivity index (χ4v) is 8.51. The lowest BCUT2D eigenvalue weighted by Crippen LogP contribution is -1.94. The van der Waals surface area contributed by atoms with Crippen LogP contribution in [0.2, 0.25) is 0 Å². The molecule has 0 amide bonds. The number of hydrogen-bond donors (Lipinski definition) is 0. The summed E-state index contributed by atoms with van der Waals surface area (Å²) in [5, 5.41) is -0.783. The van der Waals surface area contributed by atoms with Gasteiger partial charge >= 0.3 is 0 Å². The van der Waals surface area contributed by atoms with Crippen molar-refractivity contribution in [1.29, 1.82) is 0 Å². The van der Waals surface area contributed by atoms with Gasteiger partial charge in [0.2, 0.25) is 0 Å². The van der Waals surface area contributed by atoms with Crippen LogP contribution in [0.5, 0.6) is 0 Å². The van der Waals surface area contributed by atoms with Gasteiger partial charge in [0.1, 0.15) is 0 Å². The first-order valence-corrected chi connectivity index (χ1v) is 18.6. The first-order chi connectivity index (χ1) is 37.0. The zero-order chi connectivity index (χ0) is 55.7. The Hall–Kier alpha value is -7.20. The van der Waals surface area contributed by atoms with Crippen LogP contribution in [-0.2, 0) is 0 Å². The highest BCUT2D eigenvalue weighted by Crippen LogP contribution is 2.41. The number of thiophene rings is 1. The summed E-state index contributed by atoms with van der Waals surface area (Å²) in [7, 11) is 0. The Kier molecular flexibility index (Phi) is 3.94. The van der Waals surface area contributed by atoms with E-state index in [1.54, 1.807) is 24.3 Å². The van der Waals surface area contributed by atoms with E-state index in [-0.39, 0.29) is 117 Å². The monoisotopic (exact) mass is 763 g/mol. The van der Waals surface area contributed by atoms with Crippen molar-refractivity contribution in [3.63, 3.8) is 0 Å². The van der Waals surface area contributed by atoms with Gasteiger partial charge in [-0.2, -0.15) is 0 Å². The van der Waals surface area contributed by atoms with Crippen LogP contribution in [0.3, 0.4) is 0 Å². The largest absolute Gasteiger partial charge is 0.309 e. The van der Waals surface area contributed by atoms with E-state index >= 15 is 0 Å². The standard InChI is InChI=1S/C54H34N2S/c1-3-11-35(12-4-1)37-19-24-41(25-20-37)55-49-17-9-7-15-43(49)47-31-38(22-29-51(47)55)39-23-30-52-48(32-39)44-16-8-10-18-50(44)56(52)42-26-28-46-45-27-21-40(36-13-5-2-6-14-36)33-53(45)57-54(46)34-42/h1-34H/i2D,5D,7D,8D,9D,10D,14D,15D,16D,17D,18D,21D,22D,23D,27D,28D,29D,30D,31D,32D,33D. The quantitative estimate of drug-likeness (QED) is 0.165. The minimum atomic E-state index is -0.764. The smallest absolute Gasteiger partial charge is 0.0645 e. The summed E-state index contributed by atoms with van der Waals surface area (Å²) in [6.45, 7) is 0. The van der Waals surface area contributed by atoms with Crippen molar-refractivity contribution in [3.8, 4) is 44.8 Å². The zero-order valence-corrected chi connectivity index (χ0v) is 30.1. The van der Waals surface area contributed by atoms with E-state index in [0.717, 1.165) is 28.5 Å². The van der Waals surface area contributed by atoms with Crippen LogP contribution in [0.1, 0.15) is 28.8 Å². The average molecular weight is 764 g/mol. The molecule has 0 saturated carbocycles. The normalized spacial score (nSPS) is 17.0. The van der Waals surface area contributed by atoms with Crippen LogP contribution in [-0.4, -0.2) is 9.13 Å². The molecule has 57 heavy (non-hydrogen) atoms. The molecule has 0 bridgehead atoms. The molecule has 0 aliphatic carbocycles. The molecule has 12 rings (SSSR count). The van der Waals surface area contributed by atoms with Crippen molar-refractivity contribution in [3.05, 3.63) is 206 Å². The fourth-order valence-electron chi connectivity index (χ4n) is 7.44. The van der Waals surface area contributed by atoms with Gasteiger partial charge in [-0.05, 0) is 99.9 Å². The van der Waals surface area contributed by atoms with Crippen LogP contribution < -0.4 is 0 Å². The molecule has 0 aliphatic rings.